The Bertz CT molecular complexity index is 878. The molecular weight excluding hydrogens is 357 g/mol. The van der Waals surface area contributed by atoms with Gasteiger partial charge in [0.1, 0.15) is 10.8 Å². The van der Waals surface area contributed by atoms with Crippen molar-refractivity contribution < 1.29 is 9.18 Å². The highest BCUT2D eigenvalue weighted by atomic mass is 32.1. The Morgan fingerprint density at radius 3 is 2.48 bits per heavy atom. The molecule has 0 saturated heterocycles. The van der Waals surface area contributed by atoms with Gasteiger partial charge in [-0.05, 0) is 24.3 Å². The average Bonchev–Trinajstić information content (AvgIpc) is 3.17. The van der Waals surface area contributed by atoms with E-state index in [1.165, 1.54) is 34.8 Å². The van der Waals surface area contributed by atoms with Gasteiger partial charge in [-0.2, -0.15) is 0 Å². The minimum Gasteiger partial charge on any atom is -0.302 e. The average molecular weight is 375 g/mol. The number of anilines is 1. The Hall–Kier alpha value is -2.12. The molecule has 4 nitrogen and oxygen atoms in total. The third kappa shape index (κ3) is 4.49. The van der Waals surface area contributed by atoms with Crippen LogP contribution in [0, 0.1) is 5.82 Å². The lowest BCUT2D eigenvalue weighted by atomic mass is 9.93. The zero-order valence-corrected chi connectivity index (χ0v) is 15.8. The molecule has 1 amide bonds. The molecular formula is C18H18FN3OS2. The van der Waals surface area contributed by atoms with Crippen LogP contribution in [0.4, 0.5) is 9.52 Å². The number of hydrogen-bond acceptors (Lipinski definition) is 5. The summed E-state index contributed by atoms with van der Waals surface area (Å²) < 4.78 is 13.0. The predicted molar refractivity (Wildman–Crippen MR) is 101 cm³/mol. The molecule has 0 aliphatic rings. The minimum atomic E-state index is -0.280. The highest BCUT2D eigenvalue weighted by molar-refractivity contribution is 7.14. The lowest BCUT2D eigenvalue weighted by Gasteiger charge is -2.14. The monoisotopic (exact) mass is 375 g/mol. The number of hydrogen-bond donors (Lipinski definition) is 1. The van der Waals surface area contributed by atoms with Gasteiger partial charge < -0.3 is 5.32 Å². The first kappa shape index (κ1) is 17.7. The van der Waals surface area contributed by atoms with E-state index in [1.54, 1.807) is 12.1 Å². The van der Waals surface area contributed by atoms with Gasteiger partial charge in [0.25, 0.3) is 0 Å². The van der Waals surface area contributed by atoms with Crippen molar-refractivity contribution in [2.24, 2.45) is 0 Å². The summed E-state index contributed by atoms with van der Waals surface area (Å²) in [6.45, 7) is 6.25. The van der Waals surface area contributed by atoms with Crippen LogP contribution >= 0.6 is 22.7 Å². The van der Waals surface area contributed by atoms with E-state index in [-0.39, 0.29) is 23.6 Å². The van der Waals surface area contributed by atoms with Gasteiger partial charge in [-0.15, -0.1) is 22.7 Å². The van der Waals surface area contributed by atoms with E-state index >= 15 is 0 Å². The number of carbonyl (C=O) groups excluding carboxylic acids is 1. The number of rotatable bonds is 4. The molecule has 25 heavy (non-hydrogen) atoms. The van der Waals surface area contributed by atoms with Crippen molar-refractivity contribution in [2.75, 3.05) is 5.32 Å². The Labute approximate surface area is 153 Å². The van der Waals surface area contributed by atoms with E-state index in [2.05, 4.69) is 36.1 Å². The van der Waals surface area contributed by atoms with Crippen molar-refractivity contribution in [1.29, 1.82) is 0 Å². The van der Waals surface area contributed by atoms with Crippen molar-refractivity contribution in [2.45, 2.75) is 32.6 Å². The molecule has 2 heterocycles. The molecule has 1 aromatic carbocycles. The van der Waals surface area contributed by atoms with Gasteiger partial charge in [-0.1, -0.05) is 20.8 Å². The smallest absolute Gasteiger partial charge is 0.232 e. The Morgan fingerprint density at radius 2 is 1.84 bits per heavy atom. The maximum atomic E-state index is 13.0. The quantitative estimate of drug-likeness (QED) is 0.707. The van der Waals surface area contributed by atoms with Gasteiger partial charge >= 0.3 is 0 Å². The molecule has 0 unspecified atom stereocenters. The summed E-state index contributed by atoms with van der Waals surface area (Å²) in [5, 5.41) is 8.01. The molecule has 0 fully saturated rings. The van der Waals surface area contributed by atoms with Crippen LogP contribution in [0.15, 0.2) is 35.0 Å². The van der Waals surface area contributed by atoms with Crippen LogP contribution in [0.5, 0.6) is 0 Å². The van der Waals surface area contributed by atoms with Gasteiger partial charge in [0, 0.05) is 21.7 Å². The Balaban J connectivity index is 1.64. The van der Waals surface area contributed by atoms with Crippen LogP contribution in [0.2, 0.25) is 0 Å². The van der Waals surface area contributed by atoms with Crippen LogP contribution in [0.3, 0.4) is 0 Å². The number of benzene rings is 1. The van der Waals surface area contributed by atoms with Crippen molar-refractivity contribution in [3.8, 4) is 10.6 Å². The van der Waals surface area contributed by atoms with Crippen LogP contribution in [0.25, 0.3) is 10.6 Å². The van der Waals surface area contributed by atoms with E-state index in [9.17, 15) is 9.18 Å². The fourth-order valence-corrected chi connectivity index (χ4v) is 3.90. The first-order chi connectivity index (χ1) is 11.8. The predicted octanol–water partition coefficient (Wildman–Crippen LogP) is 4.88. The second-order valence-electron chi connectivity index (χ2n) is 6.66. The van der Waals surface area contributed by atoms with Gasteiger partial charge in [0.2, 0.25) is 5.91 Å². The number of nitrogens with one attached hydrogen (secondary N) is 1. The third-order valence-corrected chi connectivity index (χ3v) is 5.20. The topological polar surface area (TPSA) is 54.9 Å². The van der Waals surface area contributed by atoms with Crippen molar-refractivity contribution in [3.05, 3.63) is 52.2 Å². The number of aromatic nitrogens is 2. The molecule has 0 spiro atoms. The van der Waals surface area contributed by atoms with Gasteiger partial charge in [-0.25, -0.2) is 14.4 Å². The SMILES string of the molecule is CC(C)(C)c1csc(NC(=O)Cc2csc(-c3ccc(F)cc3)n2)n1. The first-order valence-corrected chi connectivity index (χ1v) is 9.53. The van der Waals surface area contributed by atoms with Crippen LogP contribution in [-0.2, 0) is 16.6 Å². The Morgan fingerprint density at radius 1 is 1.12 bits per heavy atom. The van der Waals surface area contributed by atoms with Gasteiger partial charge in [-0.3, -0.25) is 4.79 Å². The summed E-state index contributed by atoms with van der Waals surface area (Å²) in [4.78, 5) is 21.1. The second kappa shape index (κ2) is 7.01. The largest absolute Gasteiger partial charge is 0.302 e. The highest BCUT2D eigenvalue weighted by Crippen LogP contribution is 2.27. The fraction of sp³-hybridized carbons (Fsp3) is 0.278. The van der Waals surface area contributed by atoms with Crippen molar-refractivity contribution >= 4 is 33.7 Å². The van der Waals surface area contributed by atoms with Crippen molar-refractivity contribution in [1.82, 2.24) is 9.97 Å². The maximum absolute atomic E-state index is 13.0. The molecule has 0 radical (unpaired) electrons. The first-order valence-electron chi connectivity index (χ1n) is 7.77. The standard InChI is InChI=1S/C18H18FN3OS2/c1-18(2,3)14-10-25-17(21-14)22-15(23)8-13-9-24-16(20-13)11-4-6-12(19)7-5-11/h4-7,9-10H,8H2,1-3H3,(H,21,22,23). The number of carbonyl (C=O) groups is 1. The van der Waals surface area contributed by atoms with Crippen LogP contribution < -0.4 is 5.32 Å². The van der Waals surface area contributed by atoms with E-state index in [1.807, 2.05) is 10.8 Å². The molecule has 0 saturated carbocycles. The summed E-state index contributed by atoms with van der Waals surface area (Å²) in [5.41, 5.74) is 2.45. The van der Waals surface area contributed by atoms with E-state index < -0.39 is 0 Å². The Kier molecular flexibility index (Phi) is 4.96. The fourth-order valence-electron chi connectivity index (χ4n) is 2.12. The third-order valence-electron chi connectivity index (χ3n) is 3.50. The molecule has 1 N–H and O–H groups in total. The number of thiazole rings is 2. The number of amides is 1. The summed E-state index contributed by atoms with van der Waals surface area (Å²) in [7, 11) is 0. The van der Waals surface area contributed by atoms with E-state index in [0.29, 0.717) is 10.8 Å². The van der Waals surface area contributed by atoms with Gasteiger partial charge in [0.05, 0.1) is 17.8 Å². The minimum absolute atomic E-state index is 0.0432. The molecule has 2 aromatic heterocycles. The van der Waals surface area contributed by atoms with Crippen LogP contribution in [0.1, 0.15) is 32.2 Å². The molecule has 7 heteroatoms. The lowest BCUT2D eigenvalue weighted by molar-refractivity contribution is -0.115. The van der Waals surface area contributed by atoms with Gasteiger partial charge in [0.15, 0.2) is 5.13 Å². The summed E-state index contributed by atoms with van der Waals surface area (Å²) in [5.74, 6) is -0.427. The second-order valence-corrected chi connectivity index (χ2v) is 8.38. The molecule has 0 atom stereocenters. The van der Waals surface area contributed by atoms with E-state index in [4.69, 9.17) is 0 Å². The highest BCUT2D eigenvalue weighted by Gasteiger charge is 2.18. The summed E-state index contributed by atoms with van der Waals surface area (Å²) in [6, 6.07) is 6.17. The molecule has 0 aliphatic heterocycles. The number of halogens is 1. The number of nitrogens with zero attached hydrogens (tertiary/aromatic N) is 2. The molecule has 0 aliphatic carbocycles. The van der Waals surface area contributed by atoms with Crippen molar-refractivity contribution in [3.63, 3.8) is 0 Å². The van der Waals surface area contributed by atoms with E-state index in [0.717, 1.165) is 16.3 Å². The summed E-state index contributed by atoms with van der Waals surface area (Å²) in [6.07, 6.45) is 0.183. The zero-order chi connectivity index (χ0) is 18.0. The van der Waals surface area contributed by atoms with Crippen LogP contribution in [-0.4, -0.2) is 15.9 Å². The lowest BCUT2D eigenvalue weighted by Crippen LogP contribution is -2.16. The maximum Gasteiger partial charge on any atom is 0.232 e. The normalized spacial score (nSPS) is 11.5. The molecule has 3 rings (SSSR count). The molecule has 130 valence electrons. The molecule has 3 aromatic rings. The summed E-state index contributed by atoms with van der Waals surface area (Å²) >= 11 is 2.86. The molecule has 0 bridgehead atoms. The zero-order valence-electron chi connectivity index (χ0n) is 14.2.